The van der Waals surface area contributed by atoms with Crippen LogP contribution in [0.15, 0.2) is 23.8 Å². The van der Waals surface area contributed by atoms with E-state index >= 15 is 0 Å². The van der Waals surface area contributed by atoms with Crippen LogP contribution in [0.25, 0.3) is 0 Å². The molecule has 4 nitrogen and oxygen atoms in total. The fourth-order valence-electron chi connectivity index (χ4n) is 3.64. The van der Waals surface area contributed by atoms with Crippen LogP contribution in [0.2, 0.25) is 0 Å². The van der Waals surface area contributed by atoms with Gasteiger partial charge >= 0.3 is 5.97 Å². The summed E-state index contributed by atoms with van der Waals surface area (Å²) in [6.45, 7) is 9.91. The lowest BCUT2D eigenvalue weighted by molar-refractivity contribution is -0.146. The lowest BCUT2D eigenvalue weighted by Gasteiger charge is -2.53. The highest BCUT2D eigenvalue weighted by molar-refractivity contribution is 5.96. The zero-order chi connectivity index (χ0) is 17.2. The number of hydrogen-bond acceptors (Lipinski definition) is 4. The first-order valence-corrected chi connectivity index (χ1v) is 8.46. The number of hydrogen-bond donors (Lipinski definition) is 1. The lowest BCUT2D eigenvalue weighted by atomic mass is 9.51. The monoisotopic (exact) mass is 320 g/mol. The SMILES string of the molecule is C=C1CCC=C(COC(=O)C(C)C)C(=O)CC2C1CC2(C)CO. The Kier molecular flexibility index (Phi) is 5.45. The summed E-state index contributed by atoms with van der Waals surface area (Å²) >= 11 is 0. The predicted molar refractivity (Wildman–Crippen MR) is 88.7 cm³/mol. The molecule has 2 rings (SSSR count). The number of carbonyl (C=O) groups is 2. The number of Topliss-reactive ketones (excluding diaryl/α,β-unsaturated/α-hetero) is 1. The molecule has 128 valence electrons. The zero-order valence-electron chi connectivity index (χ0n) is 14.4. The average molecular weight is 320 g/mol. The normalized spacial score (nSPS) is 31.4. The van der Waals surface area contributed by atoms with E-state index < -0.39 is 0 Å². The van der Waals surface area contributed by atoms with Crippen LogP contribution < -0.4 is 0 Å². The summed E-state index contributed by atoms with van der Waals surface area (Å²) in [5.41, 5.74) is 1.55. The van der Waals surface area contributed by atoms with Gasteiger partial charge in [0.2, 0.25) is 0 Å². The minimum absolute atomic E-state index is 0.0330. The van der Waals surface area contributed by atoms with Gasteiger partial charge in [0.05, 0.1) is 5.92 Å². The smallest absolute Gasteiger partial charge is 0.308 e. The summed E-state index contributed by atoms with van der Waals surface area (Å²) in [6.07, 6.45) is 4.78. The molecule has 0 radical (unpaired) electrons. The fraction of sp³-hybridized carbons (Fsp3) is 0.684. The minimum Gasteiger partial charge on any atom is -0.460 e. The largest absolute Gasteiger partial charge is 0.460 e. The Hall–Kier alpha value is -1.42. The fourth-order valence-corrected chi connectivity index (χ4v) is 3.64. The Balaban J connectivity index is 2.10. The highest BCUT2D eigenvalue weighted by Crippen LogP contribution is 2.56. The third kappa shape index (κ3) is 3.74. The number of ether oxygens (including phenoxy) is 1. The van der Waals surface area contributed by atoms with E-state index in [9.17, 15) is 14.7 Å². The van der Waals surface area contributed by atoms with Crippen molar-refractivity contribution in [2.75, 3.05) is 13.2 Å². The highest BCUT2D eigenvalue weighted by Gasteiger charge is 2.51. The van der Waals surface area contributed by atoms with Crippen LogP contribution in [-0.4, -0.2) is 30.1 Å². The van der Waals surface area contributed by atoms with Crippen LogP contribution in [0.5, 0.6) is 0 Å². The zero-order valence-corrected chi connectivity index (χ0v) is 14.4. The average Bonchev–Trinajstić information content (AvgIpc) is 2.55. The second-order valence-electron chi connectivity index (χ2n) is 7.55. The second kappa shape index (κ2) is 7.00. The summed E-state index contributed by atoms with van der Waals surface area (Å²) in [6, 6.07) is 0. The number of aliphatic hydroxyl groups is 1. The molecule has 4 heteroatoms. The molecule has 0 aromatic rings. The molecule has 0 aromatic heterocycles. The van der Waals surface area contributed by atoms with Gasteiger partial charge in [0.1, 0.15) is 6.61 Å². The molecule has 0 aromatic carbocycles. The molecule has 0 spiro atoms. The van der Waals surface area contributed by atoms with Crippen LogP contribution in [0.4, 0.5) is 0 Å². The molecule has 23 heavy (non-hydrogen) atoms. The van der Waals surface area contributed by atoms with Gasteiger partial charge < -0.3 is 9.84 Å². The van der Waals surface area contributed by atoms with Gasteiger partial charge in [-0.2, -0.15) is 0 Å². The Morgan fingerprint density at radius 1 is 1.52 bits per heavy atom. The van der Waals surface area contributed by atoms with Crippen LogP contribution in [0.3, 0.4) is 0 Å². The first kappa shape index (κ1) is 17.9. The molecular formula is C19H28O4. The summed E-state index contributed by atoms with van der Waals surface area (Å²) in [5.74, 6) is 0.00250. The molecule has 1 saturated carbocycles. The van der Waals surface area contributed by atoms with E-state index in [0.29, 0.717) is 17.9 Å². The van der Waals surface area contributed by atoms with Gasteiger partial charge in [0, 0.05) is 18.6 Å². The molecule has 3 atom stereocenters. The van der Waals surface area contributed by atoms with E-state index in [1.54, 1.807) is 13.8 Å². The molecule has 2 aliphatic rings. The van der Waals surface area contributed by atoms with E-state index in [2.05, 4.69) is 6.58 Å². The van der Waals surface area contributed by atoms with Gasteiger partial charge in [0.25, 0.3) is 0 Å². The van der Waals surface area contributed by atoms with Crippen LogP contribution >= 0.6 is 0 Å². The van der Waals surface area contributed by atoms with Crippen LogP contribution in [0.1, 0.15) is 46.5 Å². The highest BCUT2D eigenvalue weighted by atomic mass is 16.5. The van der Waals surface area contributed by atoms with Crippen molar-refractivity contribution in [3.63, 3.8) is 0 Å². The maximum Gasteiger partial charge on any atom is 0.308 e. The molecule has 2 aliphatic carbocycles. The number of allylic oxidation sites excluding steroid dienone is 2. The van der Waals surface area contributed by atoms with Gasteiger partial charge in [-0.25, -0.2) is 0 Å². The Morgan fingerprint density at radius 2 is 2.22 bits per heavy atom. The van der Waals surface area contributed by atoms with Crippen molar-refractivity contribution in [2.45, 2.75) is 46.5 Å². The van der Waals surface area contributed by atoms with Gasteiger partial charge in [-0.05, 0) is 36.5 Å². The number of rotatable bonds is 4. The van der Waals surface area contributed by atoms with E-state index in [4.69, 9.17) is 4.74 Å². The van der Waals surface area contributed by atoms with Crippen LogP contribution in [0, 0.1) is 23.2 Å². The summed E-state index contributed by atoms with van der Waals surface area (Å²) in [4.78, 5) is 24.3. The van der Waals surface area contributed by atoms with E-state index in [1.165, 1.54) is 5.57 Å². The van der Waals surface area contributed by atoms with Crippen molar-refractivity contribution in [3.8, 4) is 0 Å². The quantitative estimate of drug-likeness (QED) is 0.639. The molecule has 0 aliphatic heterocycles. The third-order valence-corrected chi connectivity index (χ3v) is 5.41. The topological polar surface area (TPSA) is 63.6 Å². The lowest BCUT2D eigenvalue weighted by Crippen LogP contribution is -2.49. The molecule has 0 amide bonds. The van der Waals surface area contributed by atoms with Gasteiger partial charge in [-0.15, -0.1) is 0 Å². The number of aliphatic hydroxyl groups excluding tert-OH is 1. The standard InChI is InChI=1S/C19H28O4/c1-12(2)18(22)23-10-14-7-5-6-13(3)15-9-19(4,11-20)16(15)8-17(14)21/h7,12,15-16,20H,3,5-6,8-11H2,1-2,4H3. The molecule has 1 N–H and O–H groups in total. The Bertz CT molecular complexity index is 531. The van der Waals surface area contributed by atoms with Crippen molar-refractivity contribution >= 4 is 11.8 Å². The predicted octanol–water partition coefficient (Wildman–Crippen LogP) is 3.06. The van der Waals surface area contributed by atoms with Crippen molar-refractivity contribution in [1.82, 2.24) is 0 Å². The van der Waals surface area contributed by atoms with Crippen LogP contribution in [-0.2, 0) is 14.3 Å². The molecule has 0 heterocycles. The molecule has 0 bridgehead atoms. The van der Waals surface area contributed by atoms with Crippen molar-refractivity contribution < 1.29 is 19.4 Å². The Morgan fingerprint density at radius 3 is 2.83 bits per heavy atom. The summed E-state index contributed by atoms with van der Waals surface area (Å²) in [7, 11) is 0. The maximum absolute atomic E-state index is 12.6. The van der Waals surface area contributed by atoms with Gasteiger partial charge in [-0.3, -0.25) is 9.59 Å². The van der Waals surface area contributed by atoms with Crippen molar-refractivity contribution in [1.29, 1.82) is 0 Å². The third-order valence-electron chi connectivity index (χ3n) is 5.41. The first-order valence-electron chi connectivity index (χ1n) is 8.46. The first-order chi connectivity index (χ1) is 10.8. The molecule has 0 saturated heterocycles. The molecular weight excluding hydrogens is 292 g/mol. The van der Waals surface area contributed by atoms with Crippen molar-refractivity contribution in [3.05, 3.63) is 23.8 Å². The second-order valence-corrected chi connectivity index (χ2v) is 7.55. The Labute approximate surface area is 138 Å². The number of ketones is 1. The van der Waals surface area contributed by atoms with E-state index in [1.807, 2.05) is 13.0 Å². The van der Waals surface area contributed by atoms with E-state index in [0.717, 1.165) is 19.3 Å². The number of fused-ring (bicyclic) bond motifs is 1. The molecule has 3 unspecified atom stereocenters. The minimum atomic E-state index is -0.287. The molecule has 1 fully saturated rings. The van der Waals surface area contributed by atoms with Crippen molar-refractivity contribution in [2.24, 2.45) is 23.2 Å². The maximum atomic E-state index is 12.6. The summed E-state index contributed by atoms with van der Waals surface area (Å²) < 4.78 is 5.24. The van der Waals surface area contributed by atoms with Gasteiger partial charge in [0.15, 0.2) is 5.78 Å². The van der Waals surface area contributed by atoms with Gasteiger partial charge in [-0.1, -0.05) is 39.0 Å². The number of esters is 1. The van der Waals surface area contributed by atoms with E-state index in [-0.39, 0.29) is 42.2 Å². The number of carbonyl (C=O) groups excluding carboxylic acids is 2. The summed E-state index contributed by atoms with van der Waals surface area (Å²) in [5, 5.41) is 9.67.